The van der Waals surface area contributed by atoms with Crippen LogP contribution in [0.5, 0.6) is 0 Å². The van der Waals surface area contributed by atoms with Crippen molar-refractivity contribution in [3.63, 3.8) is 0 Å². The Hall–Kier alpha value is -2.29. The van der Waals surface area contributed by atoms with Crippen molar-refractivity contribution in [3.05, 3.63) is 87.6 Å². The Kier molecular flexibility index (Phi) is 5.18. The van der Waals surface area contributed by atoms with Crippen molar-refractivity contribution < 1.29 is 9.53 Å². The van der Waals surface area contributed by atoms with Gasteiger partial charge in [-0.05, 0) is 42.1 Å². The fourth-order valence-corrected chi connectivity index (χ4v) is 5.44. The van der Waals surface area contributed by atoms with Gasteiger partial charge in [0.1, 0.15) is 6.04 Å². The Bertz CT molecular complexity index is 1270. The third-order valence-corrected chi connectivity index (χ3v) is 6.79. The number of esters is 1. The molecule has 0 radical (unpaired) electrons. The lowest BCUT2D eigenvalue weighted by atomic mass is 10.0. The molecule has 0 aliphatic carbocycles. The summed E-state index contributed by atoms with van der Waals surface area (Å²) in [4.78, 5) is 31.8. The third kappa shape index (κ3) is 3.32. The van der Waals surface area contributed by atoms with Crippen molar-refractivity contribution in [2.45, 2.75) is 13.0 Å². The third-order valence-electron chi connectivity index (χ3n) is 4.39. The molecule has 0 N–H and O–H groups in total. The van der Waals surface area contributed by atoms with Crippen LogP contribution in [0.4, 0.5) is 0 Å². The summed E-state index contributed by atoms with van der Waals surface area (Å²) in [5.74, 6) is -0.471. The van der Waals surface area contributed by atoms with E-state index in [1.807, 2.05) is 47.9 Å². The Labute approximate surface area is 177 Å². The summed E-state index contributed by atoms with van der Waals surface area (Å²) >= 11 is 6.27. The van der Waals surface area contributed by atoms with Gasteiger partial charge in [-0.3, -0.25) is 9.36 Å². The van der Waals surface area contributed by atoms with Gasteiger partial charge >= 0.3 is 5.97 Å². The molecule has 3 heterocycles. The number of nitrogens with zero attached hydrogens (tertiary/aromatic N) is 2. The minimum Gasteiger partial charge on any atom is -0.466 e. The summed E-state index contributed by atoms with van der Waals surface area (Å²) in [6, 6.07) is 11.0. The van der Waals surface area contributed by atoms with Crippen LogP contribution < -0.4 is 14.9 Å². The van der Waals surface area contributed by atoms with E-state index in [0.717, 1.165) is 14.9 Å². The molecule has 0 saturated carbocycles. The van der Waals surface area contributed by atoms with Crippen molar-refractivity contribution in [2.75, 3.05) is 7.11 Å². The second-order valence-electron chi connectivity index (χ2n) is 6.14. The fraction of sp³-hybridized carbons (Fsp3) is 0.150. The quantitative estimate of drug-likeness (QED) is 0.547. The van der Waals surface area contributed by atoms with E-state index in [-0.39, 0.29) is 5.56 Å². The maximum atomic E-state index is 13.3. The van der Waals surface area contributed by atoms with Crippen LogP contribution in [-0.2, 0) is 9.53 Å². The van der Waals surface area contributed by atoms with Crippen molar-refractivity contribution >= 4 is 50.6 Å². The van der Waals surface area contributed by atoms with Gasteiger partial charge in [-0.25, -0.2) is 9.79 Å². The lowest BCUT2D eigenvalue weighted by Crippen LogP contribution is -2.39. The number of carbonyl (C=O) groups is 1. The molecule has 2 aromatic heterocycles. The number of benzene rings is 1. The first-order chi connectivity index (χ1) is 13.5. The highest BCUT2D eigenvalue weighted by molar-refractivity contribution is 9.10. The minimum atomic E-state index is -0.534. The Morgan fingerprint density at radius 2 is 2.14 bits per heavy atom. The molecule has 0 spiro atoms. The second-order valence-corrected chi connectivity index (χ2v) is 9.05. The zero-order valence-electron chi connectivity index (χ0n) is 15.0. The molecule has 1 atom stereocenters. The first kappa shape index (κ1) is 19.0. The van der Waals surface area contributed by atoms with Crippen molar-refractivity contribution in [1.82, 2.24) is 4.57 Å². The number of thiazole rings is 1. The number of rotatable bonds is 3. The summed E-state index contributed by atoms with van der Waals surface area (Å²) in [5, 5.41) is 1.93. The molecule has 5 nitrogen and oxygen atoms in total. The van der Waals surface area contributed by atoms with Gasteiger partial charge in [0, 0.05) is 9.35 Å². The number of thiophene rings is 1. The molecule has 1 aliphatic heterocycles. The van der Waals surface area contributed by atoms with Gasteiger partial charge in [-0.1, -0.05) is 45.5 Å². The topological polar surface area (TPSA) is 60.7 Å². The molecule has 1 aliphatic rings. The first-order valence-electron chi connectivity index (χ1n) is 8.39. The molecule has 4 rings (SSSR count). The van der Waals surface area contributed by atoms with Crippen molar-refractivity contribution in [2.24, 2.45) is 4.99 Å². The first-order valence-corrected chi connectivity index (χ1v) is 10.9. The van der Waals surface area contributed by atoms with E-state index in [1.165, 1.54) is 29.8 Å². The number of methoxy groups -OCH3 is 1. The Balaban J connectivity index is 1.97. The van der Waals surface area contributed by atoms with Crippen LogP contribution in [0.25, 0.3) is 6.08 Å². The van der Waals surface area contributed by atoms with Crippen LogP contribution in [0.1, 0.15) is 23.4 Å². The van der Waals surface area contributed by atoms with E-state index < -0.39 is 12.0 Å². The second kappa shape index (κ2) is 7.62. The lowest BCUT2D eigenvalue weighted by Gasteiger charge is -2.22. The molecule has 142 valence electrons. The number of halogens is 1. The van der Waals surface area contributed by atoms with E-state index in [2.05, 4.69) is 20.9 Å². The van der Waals surface area contributed by atoms with Crippen molar-refractivity contribution in [3.8, 4) is 0 Å². The molecular formula is C20H15BrN2O3S2. The fourth-order valence-electron chi connectivity index (χ4n) is 3.16. The largest absolute Gasteiger partial charge is 0.466 e. The summed E-state index contributed by atoms with van der Waals surface area (Å²) in [6.07, 6.45) is 1.84. The number of fused-ring (bicyclic) bond motifs is 1. The Morgan fingerprint density at radius 1 is 1.32 bits per heavy atom. The van der Waals surface area contributed by atoms with Crippen LogP contribution in [-0.4, -0.2) is 17.6 Å². The summed E-state index contributed by atoms with van der Waals surface area (Å²) in [5.41, 5.74) is 1.71. The summed E-state index contributed by atoms with van der Waals surface area (Å²) in [7, 11) is 1.34. The SMILES string of the molecule is COC(=O)C1=C(C)N=c2sc(=Cc3cccc(Br)c3)c(=O)n2[C@H]1c1cccs1. The summed E-state index contributed by atoms with van der Waals surface area (Å²) < 4.78 is 8.08. The average Bonchev–Trinajstić information content (AvgIpc) is 3.29. The van der Waals surface area contributed by atoms with E-state index in [9.17, 15) is 9.59 Å². The minimum absolute atomic E-state index is 0.170. The standard InChI is InChI=1S/C20H15BrN2O3S2/c1-11-16(19(25)26-2)17(14-7-4-8-27-14)23-18(24)15(28-20(23)22-11)10-12-5-3-6-13(21)9-12/h3-10,17H,1-2H3/t17-/m0/s1. The zero-order chi connectivity index (χ0) is 19.8. The van der Waals surface area contributed by atoms with Crippen LogP contribution in [0.2, 0.25) is 0 Å². The smallest absolute Gasteiger partial charge is 0.338 e. The van der Waals surface area contributed by atoms with Crippen LogP contribution in [0.3, 0.4) is 0 Å². The molecular weight excluding hydrogens is 460 g/mol. The zero-order valence-corrected chi connectivity index (χ0v) is 18.2. The lowest BCUT2D eigenvalue weighted by molar-refractivity contribution is -0.136. The van der Waals surface area contributed by atoms with E-state index in [4.69, 9.17) is 4.74 Å². The molecule has 1 aromatic carbocycles. The van der Waals surface area contributed by atoms with Gasteiger partial charge in [0.25, 0.3) is 5.56 Å². The number of hydrogen-bond donors (Lipinski definition) is 0. The van der Waals surface area contributed by atoms with Gasteiger partial charge in [0.15, 0.2) is 4.80 Å². The Morgan fingerprint density at radius 3 is 2.82 bits per heavy atom. The molecule has 3 aromatic rings. The number of allylic oxidation sites excluding steroid dienone is 1. The highest BCUT2D eigenvalue weighted by atomic mass is 79.9. The number of aromatic nitrogens is 1. The molecule has 0 saturated heterocycles. The number of carbonyl (C=O) groups excluding carboxylic acids is 1. The van der Waals surface area contributed by atoms with Gasteiger partial charge in [0.2, 0.25) is 0 Å². The molecule has 28 heavy (non-hydrogen) atoms. The summed E-state index contributed by atoms with van der Waals surface area (Å²) in [6.45, 7) is 1.78. The van der Waals surface area contributed by atoms with Crippen LogP contribution in [0.15, 0.2) is 67.3 Å². The van der Waals surface area contributed by atoms with E-state index in [1.54, 1.807) is 11.5 Å². The van der Waals surface area contributed by atoms with Gasteiger partial charge < -0.3 is 4.74 Å². The van der Waals surface area contributed by atoms with Gasteiger partial charge in [-0.15, -0.1) is 11.3 Å². The molecule has 0 bridgehead atoms. The highest BCUT2D eigenvalue weighted by Gasteiger charge is 2.33. The molecule has 8 heteroatoms. The predicted octanol–water partition coefficient (Wildman–Crippen LogP) is 3.23. The number of hydrogen-bond acceptors (Lipinski definition) is 6. The molecule has 0 fully saturated rings. The van der Waals surface area contributed by atoms with Crippen LogP contribution in [0, 0.1) is 0 Å². The maximum absolute atomic E-state index is 13.3. The van der Waals surface area contributed by atoms with Crippen LogP contribution >= 0.6 is 38.6 Å². The monoisotopic (exact) mass is 474 g/mol. The van der Waals surface area contributed by atoms with Crippen molar-refractivity contribution in [1.29, 1.82) is 0 Å². The predicted molar refractivity (Wildman–Crippen MR) is 114 cm³/mol. The van der Waals surface area contributed by atoms with Gasteiger partial charge in [-0.2, -0.15) is 0 Å². The normalized spacial score (nSPS) is 16.7. The van der Waals surface area contributed by atoms with E-state index >= 15 is 0 Å². The maximum Gasteiger partial charge on any atom is 0.338 e. The number of ether oxygens (including phenoxy) is 1. The van der Waals surface area contributed by atoms with E-state index in [0.29, 0.717) is 20.6 Å². The highest BCUT2D eigenvalue weighted by Crippen LogP contribution is 2.32. The molecule has 0 unspecified atom stereocenters. The molecule has 0 amide bonds. The average molecular weight is 475 g/mol. The van der Waals surface area contributed by atoms with Gasteiger partial charge in [0.05, 0.1) is 22.9 Å².